The third-order valence-electron chi connectivity index (χ3n) is 5.82. The predicted octanol–water partition coefficient (Wildman–Crippen LogP) is 3.27. The van der Waals surface area contributed by atoms with Crippen LogP contribution >= 0.6 is 0 Å². The number of hydrogen-bond donors (Lipinski definition) is 0. The second-order valence-corrected chi connectivity index (χ2v) is 7.82. The first-order valence-electron chi connectivity index (χ1n) is 10.1. The molecule has 150 valence electrons. The lowest BCUT2D eigenvalue weighted by molar-refractivity contribution is -0.256. The van der Waals surface area contributed by atoms with Crippen LogP contribution in [0, 0.1) is 5.92 Å². The Bertz CT molecular complexity index is 958. The molecular weight excluding hydrogens is 370 g/mol. The van der Waals surface area contributed by atoms with Gasteiger partial charge < -0.3 is 19.1 Å². The zero-order valence-electron chi connectivity index (χ0n) is 16.3. The average molecular weight is 393 g/mol. The minimum Gasteiger partial charge on any atom is -0.497 e. The van der Waals surface area contributed by atoms with E-state index in [4.69, 9.17) is 14.2 Å². The number of fused-ring (bicyclic) bond motifs is 2. The maximum atomic E-state index is 13.3. The van der Waals surface area contributed by atoms with E-state index in [2.05, 4.69) is 0 Å². The normalized spacial score (nSPS) is 20.0. The fourth-order valence-corrected chi connectivity index (χ4v) is 4.04. The molecule has 0 radical (unpaired) electrons. The van der Waals surface area contributed by atoms with Crippen LogP contribution in [-0.2, 0) is 20.1 Å². The van der Waals surface area contributed by atoms with Crippen molar-refractivity contribution in [3.8, 4) is 5.75 Å². The van der Waals surface area contributed by atoms with Gasteiger partial charge in [-0.25, -0.2) is 0 Å². The molecule has 2 heterocycles. The molecule has 1 amide bonds. The molecule has 6 nitrogen and oxygen atoms in total. The Labute approximate surface area is 169 Å². The van der Waals surface area contributed by atoms with Crippen LogP contribution in [0.4, 0.5) is 5.69 Å². The van der Waals surface area contributed by atoms with Gasteiger partial charge in [0.15, 0.2) is 5.78 Å². The summed E-state index contributed by atoms with van der Waals surface area (Å²) < 4.78 is 17.0. The van der Waals surface area contributed by atoms with Gasteiger partial charge in [0.2, 0.25) is 0 Å². The number of hydrogen-bond acceptors (Lipinski definition) is 5. The van der Waals surface area contributed by atoms with Crippen molar-refractivity contribution in [3.63, 3.8) is 0 Å². The van der Waals surface area contributed by atoms with Gasteiger partial charge in [-0.05, 0) is 67.6 Å². The first-order valence-corrected chi connectivity index (χ1v) is 10.1. The summed E-state index contributed by atoms with van der Waals surface area (Å²) in [6.07, 6.45) is 3.03. The summed E-state index contributed by atoms with van der Waals surface area (Å²) in [4.78, 5) is 28.1. The van der Waals surface area contributed by atoms with E-state index in [0.29, 0.717) is 48.1 Å². The number of amides is 1. The number of nitrogens with zero attached hydrogens (tertiary/aromatic N) is 1. The van der Waals surface area contributed by atoms with Gasteiger partial charge in [-0.2, -0.15) is 0 Å². The Kier molecular flexibility index (Phi) is 4.41. The lowest BCUT2D eigenvalue weighted by Crippen LogP contribution is -2.47. The molecule has 2 aliphatic heterocycles. The molecule has 0 N–H and O–H groups in total. The number of ketones is 1. The average Bonchev–Trinajstić information content (AvgIpc) is 3.58. The maximum Gasteiger partial charge on any atom is 0.292 e. The second kappa shape index (κ2) is 6.97. The molecule has 29 heavy (non-hydrogen) atoms. The summed E-state index contributed by atoms with van der Waals surface area (Å²) >= 11 is 0. The molecule has 1 aliphatic carbocycles. The third-order valence-corrected chi connectivity index (χ3v) is 5.82. The monoisotopic (exact) mass is 393 g/mol. The number of carbonyl (C=O) groups excluding carboxylic acids is 2. The maximum absolute atomic E-state index is 13.3. The number of methoxy groups -OCH3 is 1. The fraction of sp³-hybridized carbons (Fsp3) is 0.391. The highest BCUT2D eigenvalue weighted by atomic mass is 16.7. The highest BCUT2D eigenvalue weighted by Crippen LogP contribution is 2.47. The van der Waals surface area contributed by atoms with Crippen molar-refractivity contribution in [1.29, 1.82) is 0 Å². The summed E-state index contributed by atoms with van der Waals surface area (Å²) in [5.74, 6) is -0.479. The largest absolute Gasteiger partial charge is 0.497 e. The molecule has 0 unspecified atom stereocenters. The number of anilines is 1. The molecule has 2 aromatic rings. The summed E-state index contributed by atoms with van der Waals surface area (Å²) in [7, 11) is 1.59. The first kappa shape index (κ1) is 18.3. The van der Waals surface area contributed by atoms with Crippen molar-refractivity contribution in [2.75, 3.05) is 31.8 Å². The molecule has 2 aromatic carbocycles. The van der Waals surface area contributed by atoms with Crippen molar-refractivity contribution in [3.05, 3.63) is 59.2 Å². The van der Waals surface area contributed by atoms with Gasteiger partial charge in [0, 0.05) is 23.2 Å². The SMILES string of the molecule is COc1ccc(C(=O)c2ccc3c(c2)C2(OCCCO2)C(=O)N3CC2CC2)cc1. The van der Waals surface area contributed by atoms with E-state index in [1.165, 1.54) is 0 Å². The quantitative estimate of drug-likeness (QED) is 0.730. The van der Waals surface area contributed by atoms with E-state index in [1.807, 2.05) is 6.07 Å². The number of benzene rings is 2. The molecule has 6 heteroatoms. The molecular formula is C23H23NO5. The number of ether oxygens (including phenoxy) is 3. The van der Waals surface area contributed by atoms with Crippen molar-refractivity contribution < 1.29 is 23.8 Å². The lowest BCUT2D eigenvalue weighted by atomic mass is 9.97. The zero-order chi connectivity index (χ0) is 20.0. The Morgan fingerprint density at radius 1 is 1.10 bits per heavy atom. The summed E-state index contributed by atoms with van der Waals surface area (Å²) in [6.45, 7) is 1.59. The van der Waals surface area contributed by atoms with Gasteiger partial charge in [-0.15, -0.1) is 0 Å². The van der Waals surface area contributed by atoms with Crippen LogP contribution in [0.2, 0.25) is 0 Å². The molecule has 0 aromatic heterocycles. The first-order chi connectivity index (χ1) is 14.1. The van der Waals surface area contributed by atoms with Gasteiger partial charge in [0.1, 0.15) is 5.75 Å². The molecule has 0 bridgehead atoms. The Balaban J connectivity index is 1.54. The van der Waals surface area contributed by atoms with Crippen molar-refractivity contribution in [2.24, 2.45) is 5.92 Å². The van der Waals surface area contributed by atoms with Gasteiger partial charge in [-0.3, -0.25) is 9.59 Å². The van der Waals surface area contributed by atoms with E-state index in [1.54, 1.807) is 48.4 Å². The summed E-state index contributed by atoms with van der Waals surface area (Å²) in [5, 5.41) is 0. The van der Waals surface area contributed by atoms with Crippen LogP contribution in [0.5, 0.6) is 5.75 Å². The third kappa shape index (κ3) is 3.03. The van der Waals surface area contributed by atoms with Gasteiger partial charge in [0.05, 0.1) is 26.0 Å². The predicted molar refractivity (Wildman–Crippen MR) is 106 cm³/mol. The smallest absolute Gasteiger partial charge is 0.292 e. The van der Waals surface area contributed by atoms with Crippen LogP contribution in [0.15, 0.2) is 42.5 Å². The molecule has 1 spiro atoms. The highest BCUT2D eigenvalue weighted by molar-refractivity contribution is 6.11. The molecule has 3 aliphatic rings. The molecule has 2 fully saturated rings. The van der Waals surface area contributed by atoms with Crippen molar-refractivity contribution >= 4 is 17.4 Å². The van der Waals surface area contributed by atoms with Crippen LogP contribution in [0.1, 0.15) is 40.7 Å². The molecule has 1 saturated heterocycles. The van der Waals surface area contributed by atoms with Crippen molar-refractivity contribution in [1.82, 2.24) is 0 Å². The Hall–Kier alpha value is -2.70. The molecule has 5 rings (SSSR count). The van der Waals surface area contributed by atoms with Gasteiger partial charge in [0.25, 0.3) is 11.7 Å². The molecule has 1 saturated carbocycles. The van der Waals surface area contributed by atoms with Crippen molar-refractivity contribution in [2.45, 2.75) is 25.0 Å². The van der Waals surface area contributed by atoms with Crippen LogP contribution in [-0.4, -0.2) is 38.6 Å². The highest BCUT2D eigenvalue weighted by Gasteiger charge is 2.55. The standard InChI is InChI=1S/C23H23NO5/c1-27-18-8-5-16(6-9-18)21(25)17-7-10-20-19(13-17)23(28-11-2-12-29-23)22(26)24(20)14-15-3-4-15/h5-10,13,15H,2-4,11-12,14H2,1H3. The van der Waals surface area contributed by atoms with E-state index in [-0.39, 0.29) is 11.7 Å². The van der Waals surface area contributed by atoms with E-state index in [0.717, 1.165) is 24.9 Å². The Morgan fingerprint density at radius 3 is 2.45 bits per heavy atom. The van der Waals surface area contributed by atoms with Gasteiger partial charge >= 0.3 is 0 Å². The van der Waals surface area contributed by atoms with Crippen LogP contribution in [0.3, 0.4) is 0 Å². The summed E-state index contributed by atoms with van der Waals surface area (Å²) in [6, 6.07) is 12.4. The van der Waals surface area contributed by atoms with Crippen LogP contribution in [0.25, 0.3) is 0 Å². The molecule has 0 atom stereocenters. The number of carbonyl (C=O) groups is 2. The lowest BCUT2D eigenvalue weighted by Gasteiger charge is -2.32. The van der Waals surface area contributed by atoms with Gasteiger partial charge in [-0.1, -0.05) is 0 Å². The van der Waals surface area contributed by atoms with E-state index >= 15 is 0 Å². The topological polar surface area (TPSA) is 65.1 Å². The summed E-state index contributed by atoms with van der Waals surface area (Å²) in [5.41, 5.74) is 2.49. The zero-order valence-corrected chi connectivity index (χ0v) is 16.3. The second-order valence-electron chi connectivity index (χ2n) is 7.82. The number of rotatable bonds is 5. The minimum atomic E-state index is -1.42. The minimum absolute atomic E-state index is 0.116. The Morgan fingerprint density at radius 2 is 1.79 bits per heavy atom. The van der Waals surface area contributed by atoms with E-state index in [9.17, 15) is 9.59 Å². The van der Waals surface area contributed by atoms with E-state index < -0.39 is 5.79 Å². The fourth-order valence-electron chi connectivity index (χ4n) is 4.04. The van der Waals surface area contributed by atoms with Crippen LogP contribution < -0.4 is 9.64 Å².